The molecule has 2 rings (SSSR count). The maximum atomic E-state index is 12.6. The number of likely N-dealkylation sites (tertiary alicyclic amines) is 1. The molecular weight excluding hydrogens is 354 g/mol. The van der Waals surface area contributed by atoms with Gasteiger partial charge >= 0.3 is 5.97 Å². The predicted molar refractivity (Wildman–Crippen MR) is 83.5 cm³/mol. The van der Waals surface area contributed by atoms with Gasteiger partial charge in [-0.3, -0.25) is 9.59 Å². The standard InChI is InChI=1S/C15H18BrNO5/c1-21-12-7-10(6-11(16)13(12)22-2)14(18)17-5-3-4-9(8-17)15(19)20/h6-7,9H,3-5,8H2,1-2H3,(H,19,20). The molecule has 0 saturated carbocycles. The number of ether oxygens (including phenoxy) is 2. The van der Waals surface area contributed by atoms with Crippen LogP contribution in [0.15, 0.2) is 16.6 Å². The zero-order chi connectivity index (χ0) is 16.3. The van der Waals surface area contributed by atoms with Gasteiger partial charge < -0.3 is 19.5 Å². The lowest BCUT2D eigenvalue weighted by molar-refractivity contribution is -0.143. The lowest BCUT2D eigenvalue weighted by Crippen LogP contribution is -2.42. The molecule has 7 heteroatoms. The van der Waals surface area contributed by atoms with Crippen LogP contribution in [-0.4, -0.2) is 49.2 Å². The fraction of sp³-hybridized carbons (Fsp3) is 0.467. The van der Waals surface area contributed by atoms with Crippen molar-refractivity contribution >= 4 is 27.8 Å². The third kappa shape index (κ3) is 3.35. The van der Waals surface area contributed by atoms with Gasteiger partial charge in [-0.05, 0) is 40.9 Å². The number of carboxylic acids is 1. The van der Waals surface area contributed by atoms with Crippen molar-refractivity contribution in [2.75, 3.05) is 27.3 Å². The molecule has 1 atom stereocenters. The summed E-state index contributed by atoms with van der Waals surface area (Å²) in [7, 11) is 3.02. The Bertz CT molecular complexity index is 590. The van der Waals surface area contributed by atoms with E-state index in [2.05, 4.69) is 15.9 Å². The molecule has 1 aliphatic rings. The highest BCUT2D eigenvalue weighted by atomic mass is 79.9. The van der Waals surface area contributed by atoms with Crippen LogP contribution in [0, 0.1) is 5.92 Å². The van der Waals surface area contributed by atoms with Gasteiger partial charge in [-0.15, -0.1) is 0 Å². The minimum Gasteiger partial charge on any atom is -0.493 e. The Morgan fingerprint density at radius 2 is 2.05 bits per heavy atom. The van der Waals surface area contributed by atoms with E-state index in [0.29, 0.717) is 40.9 Å². The first-order chi connectivity index (χ1) is 10.5. The highest BCUT2D eigenvalue weighted by molar-refractivity contribution is 9.10. The summed E-state index contributed by atoms with van der Waals surface area (Å²) in [5, 5.41) is 9.12. The van der Waals surface area contributed by atoms with Crippen LogP contribution in [-0.2, 0) is 4.79 Å². The Morgan fingerprint density at radius 3 is 2.64 bits per heavy atom. The zero-order valence-electron chi connectivity index (χ0n) is 12.5. The molecule has 0 radical (unpaired) electrons. The van der Waals surface area contributed by atoms with Crippen molar-refractivity contribution in [2.45, 2.75) is 12.8 Å². The molecule has 22 heavy (non-hydrogen) atoms. The topological polar surface area (TPSA) is 76.1 Å². The number of benzene rings is 1. The van der Waals surface area contributed by atoms with Crippen molar-refractivity contribution in [2.24, 2.45) is 5.92 Å². The molecule has 1 fully saturated rings. The Balaban J connectivity index is 2.25. The summed E-state index contributed by atoms with van der Waals surface area (Å²) in [6.45, 7) is 0.800. The molecule has 0 aliphatic carbocycles. The summed E-state index contributed by atoms with van der Waals surface area (Å²) < 4.78 is 11.1. The fourth-order valence-corrected chi connectivity index (χ4v) is 3.19. The quantitative estimate of drug-likeness (QED) is 0.879. The lowest BCUT2D eigenvalue weighted by Gasteiger charge is -2.31. The number of carbonyl (C=O) groups excluding carboxylic acids is 1. The second-order valence-electron chi connectivity index (χ2n) is 5.12. The van der Waals surface area contributed by atoms with Crippen molar-refractivity contribution in [3.8, 4) is 11.5 Å². The first-order valence-corrected chi connectivity index (χ1v) is 7.70. The third-order valence-corrected chi connectivity index (χ3v) is 4.33. The number of hydrogen-bond acceptors (Lipinski definition) is 4. The molecule has 120 valence electrons. The van der Waals surface area contributed by atoms with Gasteiger partial charge in [0.05, 0.1) is 24.6 Å². The highest BCUT2D eigenvalue weighted by Gasteiger charge is 2.29. The van der Waals surface area contributed by atoms with Crippen molar-refractivity contribution < 1.29 is 24.2 Å². The van der Waals surface area contributed by atoms with E-state index in [9.17, 15) is 9.59 Å². The number of aliphatic carboxylic acids is 1. The van der Waals surface area contributed by atoms with Gasteiger partial charge in [0.1, 0.15) is 0 Å². The van der Waals surface area contributed by atoms with Gasteiger partial charge in [0, 0.05) is 18.7 Å². The SMILES string of the molecule is COc1cc(C(=O)N2CCCC(C(=O)O)C2)cc(Br)c1OC. The molecule has 1 aromatic carbocycles. The van der Waals surface area contributed by atoms with E-state index in [1.807, 2.05) is 0 Å². The predicted octanol–water partition coefficient (Wildman–Crippen LogP) is 2.40. The molecule has 1 aromatic rings. The van der Waals surface area contributed by atoms with Crippen LogP contribution in [0.5, 0.6) is 11.5 Å². The van der Waals surface area contributed by atoms with Crippen molar-refractivity contribution in [3.05, 3.63) is 22.2 Å². The second-order valence-corrected chi connectivity index (χ2v) is 5.98. The summed E-state index contributed by atoms with van der Waals surface area (Å²) in [6.07, 6.45) is 1.30. The van der Waals surface area contributed by atoms with Crippen LogP contribution < -0.4 is 9.47 Å². The Labute approximate surface area is 137 Å². The van der Waals surface area contributed by atoms with E-state index in [1.54, 1.807) is 17.0 Å². The number of amides is 1. The van der Waals surface area contributed by atoms with Crippen LogP contribution in [0.4, 0.5) is 0 Å². The number of nitrogens with zero attached hydrogens (tertiary/aromatic N) is 1. The molecule has 1 heterocycles. The highest BCUT2D eigenvalue weighted by Crippen LogP contribution is 2.36. The Morgan fingerprint density at radius 1 is 1.32 bits per heavy atom. The van der Waals surface area contributed by atoms with Crippen LogP contribution >= 0.6 is 15.9 Å². The molecule has 1 amide bonds. The average molecular weight is 372 g/mol. The van der Waals surface area contributed by atoms with Crippen LogP contribution in [0.1, 0.15) is 23.2 Å². The number of methoxy groups -OCH3 is 2. The van der Waals surface area contributed by atoms with E-state index < -0.39 is 11.9 Å². The minimum absolute atomic E-state index is 0.201. The molecule has 1 aliphatic heterocycles. The summed E-state index contributed by atoms with van der Waals surface area (Å²) in [5.41, 5.74) is 0.440. The van der Waals surface area contributed by atoms with E-state index in [4.69, 9.17) is 14.6 Å². The van der Waals surface area contributed by atoms with Gasteiger partial charge in [0.25, 0.3) is 5.91 Å². The second kappa shape index (κ2) is 7.00. The van der Waals surface area contributed by atoms with Crippen LogP contribution in [0.3, 0.4) is 0 Å². The minimum atomic E-state index is -0.856. The third-order valence-electron chi connectivity index (χ3n) is 3.74. The van der Waals surface area contributed by atoms with Gasteiger partial charge in [-0.2, -0.15) is 0 Å². The van der Waals surface area contributed by atoms with Gasteiger partial charge in [0.15, 0.2) is 11.5 Å². The monoisotopic (exact) mass is 371 g/mol. The van der Waals surface area contributed by atoms with E-state index >= 15 is 0 Å². The van der Waals surface area contributed by atoms with Gasteiger partial charge in [0.2, 0.25) is 0 Å². The number of rotatable bonds is 4. The van der Waals surface area contributed by atoms with Crippen LogP contribution in [0.2, 0.25) is 0 Å². The number of hydrogen-bond donors (Lipinski definition) is 1. The molecule has 6 nitrogen and oxygen atoms in total. The summed E-state index contributed by atoms with van der Waals surface area (Å²) >= 11 is 3.36. The Kier molecular flexibility index (Phi) is 5.28. The largest absolute Gasteiger partial charge is 0.493 e. The number of carbonyl (C=O) groups is 2. The van der Waals surface area contributed by atoms with Gasteiger partial charge in [-0.1, -0.05) is 0 Å². The molecule has 1 saturated heterocycles. The zero-order valence-corrected chi connectivity index (χ0v) is 14.1. The molecular formula is C15H18BrNO5. The van der Waals surface area contributed by atoms with E-state index in [1.165, 1.54) is 14.2 Å². The number of piperidine rings is 1. The first-order valence-electron chi connectivity index (χ1n) is 6.91. The Hall–Kier alpha value is -1.76. The van der Waals surface area contributed by atoms with Gasteiger partial charge in [-0.25, -0.2) is 0 Å². The number of halogens is 1. The maximum Gasteiger partial charge on any atom is 0.308 e. The molecule has 0 aromatic heterocycles. The average Bonchev–Trinajstić information content (AvgIpc) is 2.53. The van der Waals surface area contributed by atoms with E-state index in [0.717, 1.165) is 0 Å². The van der Waals surface area contributed by atoms with E-state index in [-0.39, 0.29) is 12.5 Å². The smallest absolute Gasteiger partial charge is 0.308 e. The number of carboxylic acid groups (broad SMARTS) is 1. The van der Waals surface area contributed by atoms with Crippen molar-refractivity contribution in [1.82, 2.24) is 4.90 Å². The molecule has 0 spiro atoms. The summed E-state index contributed by atoms with van der Waals surface area (Å²) in [5.74, 6) is -0.590. The summed E-state index contributed by atoms with van der Waals surface area (Å²) in [6, 6.07) is 3.27. The fourth-order valence-electron chi connectivity index (χ4n) is 2.59. The van der Waals surface area contributed by atoms with Crippen molar-refractivity contribution in [1.29, 1.82) is 0 Å². The maximum absolute atomic E-state index is 12.6. The normalized spacial score (nSPS) is 18.0. The molecule has 1 N–H and O–H groups in total. The van der Waals surface area contributed by atoms with Crippen molar-refractivity contribution in [3.63, 3.8) is 0 Å². The molecule has 1 unspecified atom stereocenters. The lowest BCUT2D eigenvalue weighted by atomic mass is 9.97. The molecule has 0 bridgehead atoms. The van der Waals surface area contributed by atoms with Crippen LogP contribution in [0.25, 0.3) is 0 Å². The summed E-state index contributed by atoms with van der Waals surface area (Å²) in [4.78, 5) is 25.3. The first kappa shape index (κ1) is 16.6.